The third-order valence-corrected chi connectivity index (χ3v) is 6.40. The van der Waals surface area contributed by atoms with Crippen molar-refractivity contribution in [2.45, 2.75) is 51.6 Å². The van der Waals surface area contributed by atoms with E-state index in [0.29, 0.717) is 45.0 Å². The van der Waals surface area contributed by atoms with Crippen LogP contribution in [0.4, 0.5) is 0 Å². The van der Waals surface area contributed by atoms with Gasteiger partial charge >= 0.3 is 0 Å². The lowest BCUT2D eigenvalue weighted by Crippen LogP contribution is -2.51. The van der Waals surface area contributed by atoms with Gasteiger partial charge in [0.05, 0.1) is 24.7 Å². The molecule has 1 atom stereocenters. The highest BCUT2D eigenvalue weighted by Gasteiger charge is 2.42. The molecule has 0 radical (unpaired) electrons. The summed E-state index contributed by atoms with van der Waals surface area (Å²) in [6, 6.07) is 6.39. The van der Waals surface area contributed by atoms with Crippen molar-refractivity contribution in [3.05, 3.63) is 29.3 Å². The first kappa shape index (κ1) is 20.2. The van der Waals surface area contributed by atoms with Gasteiger partial charge in [0.2, 0.25) is 11.8 Å². The molecule has 0 aromatic heterocycles. The highest BCUT2D eigenvalue weighted by molar-refractivity contribution is 5.83. The number of benzene rings is 1. The molecule has 158 valence electrons. The number of carbonyl (C=O) groups excluding carboxylic acids is 2. The summed E-state index contributed by atoms with van der Waals surface area (Å²) in [5.74, 6) is 1.58. The van der Waals surface area contributed by atoms with Gasteiger partial charge in [-0.25, -0.2) is 0 Å². The number of piperidine rings is 2. The molecule has 6 nitrogen and oxygen atoms in total. The summed E-state index contributed by atoms with van der Waals surface area (Å²) in [6.07, 6.45) is 3.64. The Balaban J connectivity index is 1.42. The molecule has 0 bridgehead atoms. The zero-order valence-electron chi connectivity index (χ0n) is 17.5. The van der Waals surface area contributed by atoms with Gasteiger partial charge in [-0.2, -0.15) is 0 Å². The fourth-order valence-electron chi connectivity index (χ4n) is 4.71. The van der Waals surface area contributed by atoms with E-state index in [2.05, 4.69) is 37.4 Å². The van der Waals surface area contributed by atoms with Crippen molar-refractivity contribution in [2.24, 2.45) is 11.8 Å². The Labute approximate surface area is 172 Å². The van der Waals surface area contributed by atoms with E-state index < -0.39 is 0 Å². The Hall–Kier alpha value is -2.08. The molecule has 1 aromatic carbocycles. The smallest absolute Gasteiger partial charge is 0.227 e. The Bertz CT molecular complexity index is 758. The molecule has 0 saturated carbocycles. The molecule has 2 saturated heterocycles. The normalized spacial score (nSPS) is 23.6. The summed E-state index contributed by atoms with van der Waals surface area (Å²) < 4.78 is 12.2. The van der Waals surface area contributed by atoms with Crippen LogP contribution in [0, 0.1) is 11.8 Å². The number of ether oxygens (including phenoxy) is 2. The van der Waals surface area contributed by atoms with Gasteiger partial charge in [-0.05, 0) is 54.9 Å². The standard InChI is InChI=1S/C23H32N2O4/c1-16(2)15-28-19-4-5-20-17(13-19)7-12-29-23(20)8-10-25(11-9-23)22(27)18-3-6-21(26)24-14-18/h4-5,13,16,18H,3,6-12,14-15H2,1-2H3,(H,24,26). The molecule has 2 fully saturated rings. The number of nitrogens with zero attached hydrogens (tertiary/aromatic N) is 1. The largest absolute Gasteiger partial charge is 0.493 e. The van der Waals surface area contributed by atoms with Crippen LogP contribution in [0.25, 0.3) is 0 Å². The van der Waals surface area contributed by atoms with Crippen LogP contribution in [0.2, 0.25) is 0 Å². The second kappa shape index (κ2) is 8.34. The molecule has 3 aliphatic heterocycles. The Morgan fingerprint density at radius 2 is 2.10 bits per heavy atom. The van der Waals surface area contributed by atoms with Crippen molar-refractivity contribution < 1.29 is 19.1 Å². The third-order valence-electron chi connectivity index (χ3n) is 6.40. The van der Waals surface area contributed by atoms with Gasteiger partial charge in [-0.15, -0.1) is 0 Å². The molecule has 3 aliphatic rings. The number of rotatable bonds is 4. The summed E-state index contributed by atoms with van der Waals surface area (Å²) in [6.45, 7) is 7.61. The third kappa shape index (κ3) is 4.27. The van der Waals surface area contributed by atoms with E-state index >= 15 is 0 Å². The molecule has 1 spiro atoms. The Morgan fingerprint density at radius 1 is 1.31 bits per heavy atom. The van der Waals surface area contributed by atoms with Gasteiger partial charge in [-0.3, -0.25) is 9.59 Å². The molecule has 4 rings (SSSR count). The van der Waals surface area contributed by atoms with Crippen LogP contribution >= 0.6 is 0 Å². The molecule has 3 heterocycles. The minimum Gasteiger partial charge on any atom is -0.493 e. The van der Waals surface area contributed by atoms with E-state index in [4.69, 9.17) is 9.47 Å². The van der Waals surface area contributed by atoms with Crippen molar-refractivity contribution >= 4 is 11.8 Å². The minimum atomic E-state index is -0.290. The average Bonchev–Trinajstić information content (AvgIpc) is 2.73. The molecule has 2 amide bonds. The van der Waals surface area contributed by atoms with Gasteiger partial charge in [0.15, 0.2) is 0 Å². The van der Waals surface area contributed by atoms with Gasteiger partial charge in [-0.1, -0.05) is 19.9 Å². The monoisotopic (exact) mass is 400 g/mol. The second-order valence-electron chi connectivity index (χ2n) is 8.98. The van der Waals surface area contributed by atoms with Crippen molar-refractivity contribution in [3.8, 4) is 5.75 Å². The van der Waals surface area contributed by atoms with Crippen LogP contribution in [0.3, 0.4) is 0 Å². The fraction of sp³-hybridized carbons (Fsp3) is 0.652. The van der Waals surface area contributed by atoms with E-state index in [0.717, 1.165) is 31.6 Å². The number of carbonyl (C=O) groups is 2. The number of hydrogen-bond acceptors (Lipinski definition) is 4. The van der Waals surface area contributed by atoms with Gasteiger partial charge in [0.25, 0.3) is 0 Å². The van der Waals surface area contributed by atoms with E-state index in [1.165, 1.54) is 11.1 Å². The lowest BCUT2D eigenvalue weighted by atomic mass is 9.79. The SMILES string of the molecule is CC(C)COc1ccc2c(c1)CCOC21CCN(C(=O)C2CCC(=O)NC2)CC1. The predicted octanol–water partition coefficient (Wildman–Crippen LogP) is 2.64. The lowest BCUT2D eigenvalue weighted by molar-refractivity contribution is -0.145. The molecule has 6 heteroatoms. The lowest BCUT2D eigenvalue weighted by Gasteiger charge is -2.45. The summed E-state index contributed by atoms with van der Waals surface area (Å²) >= 11 is 0. The van der Waals surface area contributed by atoms with Gasteiger partial charge < -0.3 is 19.7 Å². The topological polar surface area (TPSA) is 67.9 Å². The number of hydrogen-bond donors (Lipinski definition) is 1. The fourth-order valence-corrected chi connectivity index (χ4v) is 4.71. The van der Waals surface area contributed by atoms with Gasteiger partial charge in [0.1, 0.15) is 5.75 Å². The molecule has 1 aromatic rings. The highest BCUT2D eigenvalue weighted by Crippen LogP contribution is 2.42. The van der Waals surface area contributed by atoms with E-state index in [1.54, 1.807) is 0 Å². The van der Waals surface area contributed by atoms with Crippen molar-refractivity contribution in [1.82, 2.24) is 10.2 Å². The molecular formula is C23H32N2O4. The van der Waals surface area contributed by atoms with Crippen LogP contribution < -0.4 is 10.1 Å². The first-order chi connectivity index (χ1) is 14.0. The second-order valence-corrected chi connectivity index (χ2v) is 8.98. The molecule has 1 N–H and O–H groups in total. The quantitative estimate of drug-likeness (QED) is 0.844. The maximum Gasteiger partial charge on any atom is 0.227 e. The zero-order valence-corrected chi connectivity index (χ0v) is 17.5. The van der Waals surface area contributed by atoms with Crippen LogP contribution in [0.5, 0.6) is 5.75 Å². The summed E-state index contributed by atoms with van der Waals surface area (Å²) in [5.41, 5.74) is 2.28. The summed E-state index contributed by atoms with van der Waals surface area (Å²) in [7, 11) is 0. The van der Waals surface area contributed by atoms with Crippen LogP contribution in [0.1, 0.15) is 50.7 Å². The molecule has 0 aliphatic carbocycles. The predicted molar refractivity (Wildman–Crippen MR) is 110 cm³/mol. The maximum atomic E-state index is 12.9. The van der Waals surface area contributed by atoms with Crippen LogP contribution in [-0.2, 0) is 26.3 Å². The average molecular weight is 401 g/mol. The Morgan fingerprint density at radius 3 is 2.79 bits per heavy atom. The maximum absolute atomic E-state index is 12.9. The van der Waals surface area contributed by atoms with E-state index in [9.17, 15) is 9.59 Å². The first-order valence-corrected chi connectivity index (χ1v) is 10.9. The summed E-state index contributed by atoms with van der Waals surface area (Å²) in [5, 5.41) is 2.82. The molecule has 1 unspecified atom stereocenters. The van der Waals surface area contributed by atoms with E-state index in [1.807, 2.05) is 4.90 Å². The van der Waals surface area contributed by atoms with Crippen LogP contribution in [0.15, 0.2) is 18.2 Å². The van der Waals surface area contributed by atoms with Crippen molar-refractivity contribution in [3.63, 3.8) is 0 Å². The van der Waals surface area contributed by atoms with Crippen LogP contribution in [-0.4, -0.2) is 49.6 Å². The van der Waals surface area contributed by atoms with Crippen molar-refractivity contribution in [1.29, 1.82) is 0 Å². The number of fused-ring (bicyclic) bond motifs is 2. The first-order valence-electron chi connectivity index (χ1n) is 10.9. The van der Waals surface area contributed by atoms with Crippen molar-refractivity contribution in [2.75, 3.05) is 32.8 Å². The van der Waals surface area contributed by atoms with E-state index in [-0.39, 0.29) is 23.3 Å². The molecule has 29 heavy (non-hydrogen) atoms. The highest BCUT2D eigenvalue weighted by atomic mass is 16.5. The number of nitrogens with one attached hydrogen (secondary N) is 1. The minimum absolute atomic E-state index is 0.0515. The molecular weight excluding hydrogens is 368 g/mol. The number of likely N-dealkylation sites (tertiary alicyclic amines) is 1. The Kier molecular flexibility index (Phi) is 5.81. The van der Waals surface area contributed by atoms with Gasteiger partial charge in [0, 0.05) is 26.1 Å². The number of amides is 2. The summed E-state index contributed by atoms with van der Waals surface area (Å²) in [4.78, 5) is 26.2. The zero-order chi connectivity index (χ0) is 20.4.